The fourth-order valence-corrected chi connectivity index (χ4v) is 2.93. The molecule has 0 aromatic carbocycles. The molecule has 1 aliphatic rings. The Labute approximate surface area is 116 Å². The lowest BCUT2D eigenvalue weighted by Crippen LogP contribution is -2.44. The van der Waals surface area contributed by atoms with Gasteiger partial charge in [0.05, 0.1) is 0 Å². The van der Waals surface area contributed by atoms with Crippen LogP contribution >= 0.6 is 0 Å². The molecule has 1 aliphatic carbocycles. The van der Waals surface area contributed by atoms with Crippen LogP contribution in [0, 0.1) is 11.8 Å². The van der Waals surface area contributed by atoms with Gasteiger partial charge in [-0.1, -0.05) is 46.0 Å². The van der Waals surface area contributed by atoms with Crippen molar-refractivity contribution in [3.8, 4) is 0 Å². The lowest BCUT2D eigenvalue weighted by molar-refractivity contribution is -0.143. The number of carboxylic acids is 1. The van der Waals surface area contributed by atoms with Crippen LogP contribution in [-0.2, 0) is 9.59 Å². The standard InChI is InChI=1S/C15H27NO3/c1-3-12(4-2)14(17)16-13(15(18)19)10-11-8-6-5-7-9-11/h11-13H,3-10H2,1-2H3,(H,16,17)(H,18,19)/t13-/m0/s1. The van der Waals surface area contributed by atoms with E-state index >= 15 is 0 Å². The number of carbonyl (C=O) groups is 2. The zero-order valence-corrected chi connectivity index (χ0v) is 12.2. The zero-order valence-electron chi connectivity index (χ0n) is 12.2. The molecule has 0 aliphatic heterocycles. The predicted octanol–water partition coefficient (Wildman–Crippen LogP) is 2.96. The van der Waals surface area contributed by atoms with Crippen molar-refractivity contribution in [3.63, 3.8) is 0 Å². The fraction of sp³-hybridized carbons (Fsp3) is 0.867. The molecule has 110 valence electrons. The van der Waals surface area contributed by atoms with E-state index in [1.807, 2.05) is 13.8 Å². The lowest BCUT2D eigenvalue weighted by Gasteiger charge is -2.26. The highest BCUT2D eigenvalue weighted by Crippen LogP contribution is 2.27. The summed E-state index contributed by atoms with van der Waals surface area (Å²) in [6.07, 6.45) is 7.95. The summed E-state index contributed by atoms with van der Waals surface area (Å²) in [4.78, 5) is 23.3. The molecule has 0 aromatic heterocycles. The molecule has 0 heterocycles. The van der Waals surface area contributed by atoms with Gasteiger partial charge in [-0.15, -0.1) is 0 Å². The summed E-state index contributed by atoms with van der Waals surface area (Å²) < 4.78 is 0. The van der Waals surface area contributed by atoms with Gasteiger partial charge >= 0.3 is 5.97 Å². The minimum atomic E-state index is -0.898. The molecular formula is C15H27NO3. The Kier molecular flexibility index (Phi) is 6.89. The third kappa shape index (κ3) is 5.21. The topological polar surface area (TPSA) is 66.4 Å². The van der Waals surface area contributed by atoms with Gasteiger partial charge in [-0.2, -0.15) is 0 Å². The van der Waals surface area contributed by atoms with Crippen molar-refractivity contribution >= 4 is 11.9 Å². The smallest absolute Gasteiger partial charge is 0.326 e. The Morgan fingerprint density at radius 3 is 2.21 bits per heavy atom. The first-order valence-electron chi connectivity index (χ1n) is 7.61. The first-order chi connectivity index (χ1) is 9.08. The largest absolute Gasteiger partial charge is 0.480 e. The number of rotatable bonds is 7. The van der Waals surface area contributed by atoms with E-state index in [0.717, 1.165) is 25.7 Å². The molecule has 0 bridgehead atoms. The third-order valence-corrected chi connectivity index (χ3v) is 4.26. The Hall–Kier alpha value is -1.06. The van der Waals surface area contributed by atoms with Gasteiger partial charge in [-0.25, -0.2) is 4.79 Å². The Morgan fingerprint density at radius 2 is 1.74 bits per heavy atom. The van der Waals surface area contributed by atoms with Crippen LogP contribution < -0.4 is 5.32 Å². The van der Waals surface area contributed by atoms with E-state index in [-0.39, 0.29) is 11.8 Å². The molecule has 0 aromatic rings. The summed E-state index contributed by atoms with van der Waals surface area (Å²) in [7, 11) is 0. The van der Waals surface area contributed by atoms with E-state index in [0.29, 0.717) is 12.3 Å². The summed E-state index contributed by atoms with van der Waals surface area (Å²) in [6.45, 7) is 3.93. The van der Waals surface area contributed by atoms with Crippen molar-refractivity contribution < 1.29 is 14.7 Å². The molecule has 1 rings (SSSR count). The van der Waals surface area contributed by atoms with Gasteiger partial charge < -0.3 is 10.4 Å². The van der Waals surface area contributed by atoms with Crippen molar-refractivity contribution in [2.75, 3.05) is 0 Å². The number of amides is 1. The van der Waals surface area contributed by atoms with Crippen molar-refractivity contribution in [2.24, 2.45) is 11.8 Å². The number of carbonyl (C=O) groups excluding carboxylic acids is 1. The van der Waals surface area contributed by atoms with Crippen molar-refractivity contribution in [2.45, 2.75) is 71.3 Å². The average Bonchev–Trinajstić information content (AvgIpc) is 2.40. The molecule has 4 nitrogen and oxygen atoms in total. The summed E-state index contributed by atoms with van der Waals surface area (Å²) >= 11 is 0. The number of nitrogens with one attached hydrogen (secondary N) is 1. The molecule has 1 amide bonds. The second-order valence-corrected chi connectivity index (χ2v) is 5.65. The van der Waals surface area contributed by atoms with Crippen LogP contribution in [0.3, 0.4) is 0 Å². The number of hydrogen-bond acceptors (Lipinski definition) is 2. The molecule has 0 unspecified atom stereocenters. The van der Waals surface area contributed by atoms with Gasteiger partial charge in [0.15, 0.2) is 0 Å². The van der Waals surface area contributed by atoms with Gasteiger partial charge in [0.25, 0.3) is 0 Å². The average molecular weight is 269 g/mol. The highest BCUT2D eigenvalue weighted by atomic mass is 16.4. The zero-order chi connectivity index (χ0) is 14.3. The number of carboxylic acid groups (broad SMARTS) is 1. The van der Waals surface area contributed by atoms with E-state index in [1.54, 1.807) is 0 Å². The SMILES string of the molecule is CCC(CC)C(=O)N[C@@H](CC1CCCCC1)C(=O)O. The fourth-order valence-electron chi connectivity index (χ4n) is 2.93. The molecule has 0 spiro atoms. The molecule has 0 saturated heterocycles. The normalized spacial score (nSPS) is 18.3. The second-order valence-electron chi connectivity index (χ2n) is 5.65. The van der Waals surface area contributed by atoms with Crippen molar-refractivity contribution in [1.29, 1.82) is 0 Å². The molecule has 1 saturated carbocycles. The molecule has 19 heavy (non-hydrogen) atoms. The van der Waals surface area contributed by atoms with E-state index in [1.165, 1.54) is 19.3 Å². The quantitative estimate of drug-likeness (QED) is 0.746. The predicted molar refractivity (Wildman–Crippen MR) is 74.8 cm³/mol. The maximum Gasteiger partial charge on any atom is 0.326 e. The molecule has 4 heteroatoms. The first-order valence-corrected chi connectivity index (χ1v) is 7.61. The van der Waals surface area contributed by atoms with Crippen molar-refractivity contribution in [3.05, 3.63) is 0 Å². The van der Waals surface area contributed by atoms with Crippen LogP contribution in [0.15, 0.2) is 0 Å². The van der Waals surface area contributed by atoms with Gasteiger partial charge in [0.1, 0.15) is 6.04 Å². The van der Waals surface area contributed by atoms with Gasteiger partial charge in [-0.05, 0) is 25.2 Å². The molecular weight excluding hydrogens is 242 g/mol. The van der Waals surface area contributed by atoms with Crippen LogP contribution in [0.25, 0.3) is 0 Å². The Bertz CT molecular complexity index is 294. The highest BCUT2D eigenvalue weighted by Gasteiger charge is 2.27. The van der Waals surface area contributed by atoms with Gasteiger partial charge in [-0.3, -0.25) is 4.79 Å². The van der Waals surface area contributed by atoms with Crippen LogP contribution in [0.4, 0.5) is 0 Å². The Morgan fingerprint density at radius 1 is 1.16 bits per heavy atom. The summed E-state index contributed by atoms with van der Waals surface area (Å²) in [6, 6.07) is -0.712. The molecule has 0 radical (unpaired) electrons. The minimum absolute atomic E-state index is 0.0618. The summed E-state index contributed by atoms with van der Waals surface area (Å²) in [5.74, 6) is -0.608. The van der Waals surface area contributed by atoms with E-state index in [4.69, 9.17) is 0 Å². The molecule has 1 atom stereocenters. The second kappa shape index (κ2) is 8.18. The lowest BCUT2D eigenvalue weighted by atomic mass is 9.84. The first kappa shape index (κ1) is 16.0. The van der Waals surface area contributed by atoms with Crippen LogP contribution in [0.5, 0.6) is 0 Å². The highest BCUT2D eigenvalue weighted by molar-refractivity contribution is 5.84. The maximum absolute atomic E-state index is 12.0. The van der Waals surface area contributed by atoms with Crippen LogP contribution in [-0.4, -0.2) is 23.0 Å². The van der Waals surface area contributed by atoms with Gasteiger partial charge in [0, 0.05) is 5.92 Å². The summed E-state index contributed by atoms with van der Waals surface area (Å²) in [5.41, 5.74) is 0. The van der Waals surface area contributed by atoms with E-state index in [2.05, 4.69) is 5.32 Å². The number of aliphatic carboxylic acids is 1. The van der Waals surface area contributed by atoms with Crippen molar-refractivity contribution in [1.82, 2.24) is 5.32 Å². The van der Waals surface area contributed by atoms with E-state index < -0.39 is 12.0 Å². The summed E-state index contributed by atoms with van der Waals surface area (Å²) in [5, 5.41) is 12.0. The molecule has 1 fully saturated rings. The monoisotopic (exact) mass is 269 g/mol. The Balaban J connectivity index is 2.52. The van der Waals surface area contributed by atoms with Crippen LogP contribution in [0.2, 0.25) is 0 Å². The van der Waals surface area contributed by atoms with Gasteiger partial charge in [0.2, 0.25) is 5.91 Å². The minimum Gasteiger partial charge on any atom is -0.480 e. The van der Waals surface area contributed by atoms with Crippen LogP contribution in [0.1, 0.15) is 65.2 Å². The maximum atomic E-state index is 12.0. The third-order valence-electron chi connectivity index (χ3n) is 4.26. The molecule has 2 N–H and O–H groups in total. The number of hydrogen-bond donors (Lipinski definition) is 2. The van der Waals surface area contributed by atoms with E-state index in [9.17, 15) is 14.7 Å².